The van der Waals surface area contributed by atoms with Crippen LogP contribution >= 0.6 is 0 Å². The van der Waals surface area contributed by atoms with Crippen LogP contribution in [0.4, 0.5) is 17.2 Å². The van der Waals surface area contributed by atoms with Crippen molar-refractivity contribution in [3.05, 3.63) is 72.2 Å². The summed E-state index contributed by atoms with van der Waals surface area (Å²) in [6.07, 6.45) is 3.01. The summed E-state index contributed by atoms with van der Waals surface area (Å²) >= 11 is 0. The molecule has 7 heteroatoms. The van der Waals surface area contributed by atoms with E-state index >= 15 is 0 Å². The van der Waals surface area contributed by atoms with Gasteiger partial charge in [0.05, 0.1) is 19.5 Å². The van der Waals surface area contributed by atoms with Crippen LogP contribution in [0.15, 0.2) is 60.9 Å². The first-order valence-corrected chi connectivity index (χ1v) is 8.83. The van der Waals surface area contributed by atoms with Gasteiger partial charge in [0.15, 0.2) is 0 Å². The van der Waals surface area contributed by atoms with Gasteiger partial charge in [0.2, 0.25) is 0 Å². The minimum Gasteiger partial charge on any atom is -0.497 e. The predicted octanol–water partition coefficient (Wildman–Crippen LogP) is 3.42. The van der Waals surface area contributed by atoms with Gasteiger partial charge in [-0.25, -0.2) is 9.97 Å². The Morgan fingerprint density at radius 3 is 2.29 bits per heavy atom. The van der Waals surface area contributed by atoms with Gasteiger partial charge in [-0.1, -0.05) is 12.1 Å². The predicted molar refractivity (Wildman–Crippen MR) is 111 cm³/mol. The molecule has 2 N–H and O–H groups in total. The molecule has 1 aromatic heterocycles. The van der Waals surface area contributed by atoms with Crippen molar-refractivity contribution >= 4 is 23.1 Å². The van der Waals surface area contributed by atoms with E-state index in [1.165, 1.54) is 6.20 Å². The van der Waals surface area contributed by atoms with Crippen molar-refractivity contribution in [2.24, 2.45) is 0 Å². The molecule has 1 amide bonds. The van der Waals surface area contributed by atoms with Crippen LogP contribution in [0.5, 0.6) is 5.75 Å². The Morgan fingerprint density at radius 1 is 1.00 bits per heavy atom. The fourth-order valence-corrected chi connectivity index (χ4v) is 2.51. The minimum absolute atomic E-state index is 0.256. The van der Waals surface area contributed by atoms with Gasteiger partial charge in [-0.15, -0.1) is 0 Å². The second-order valence-electron chi connectivity index (χ2n) is 6.38. The van der Waals surface area contributed by atoms with Gasteiger partial charge >= 0.3 is 0 Å². The number of nitrogens with one attached hydrogen (secondary N) is 2. The number of nitrogens with zero attached hydrogens (tertiary/aromatic N) is 3. The van der Waals surface area contributed by atoms with Crippen LogP contribution in [-0.2, 0) is 6.54 Å². The third-order valence-corrected chi connectivity index (χ3v) is 4.16. The smallest absolute Gasteiger partial charge is 0.275 e. The third kappa shape index (κ3) is 4.97. The Labute approximate surface area is 164 Å². The maximum absolute atomic E-state index is 12.3. The number of methoxy groups -OCH3 is 1. The number of carbonyl (C=O) groups excluding carboxylic acids is 1. The number of ether oxygens (including phenoxy) is 1. The van der Waals surface area contributed by atoms with Crippen molar-refractivity contribution in [3.8, 4) is 5.75 Å². The lowest BCUT2D eigenvalue weighted by molar-refractivity contribution is 0.102. The van der Waals surface area contributed by atoms with Crippen molar-refractivity contribution in [2.45, 2.75) is 6.54 Å². The molecule has 0 saturated carbocycles. The first-order valence-electron chi connectivity index (χ1n) is 8.83. The Hall–Kier alpha value is -3.61. The summed E-state index contributed by atoms with van der Waals surface area (Å²) < 4.78 is 5.14. The van der Waals surface area contributed by atoms with Crippen LogP contribution in [0.25, 0.3) is 0 Å². The molecule has 7 nitrogen and oxygen atoms in total. The van der Waals surface area contributed by atoms with E-state index in [1.807, 2.05) is 67.5 Å². The Kier molecular flexibility index (Phi) is 6.06. The van der Waals surface area contributed by atoms with Crippen molar-refractivity contribution in [2.75, 3.05) is 36.7 Å². The molecule has 0 aliphatic rings. The largest absolute Gasteiger partial charge is 0.497 e. The zero-order valence-electron chi connectivity index (χ0n) is 16.1. The highest BCUT2D eigenvalue weighted by molar-refractivity contribution is 6.02. The summed E-state index contributed by atoms with van der Waals surface area (Å²) in [5.74, 6) is 1.12. The first-order chi connectivity index (χ1) is 13.5. The first kappa shape index (κ1) is 19.2. The lowest BCUT2D eigenvalue weighted by Gasteiger charge is -2.13. The normalized spacial score (nSPS) is 10.2. The van der Waals surface area contributed by atoms with Gasteiger partial charge in [-0.05, 0) is 42.0 Å². The van der Waals surface area contributed by atoms with Gasteiger partial charge in [0.25, 0.3) is 5.91 Å². The van der Waals surface area contributed by atoms with Crippen LogP contribution < -0.4 is 20.3 Å². The summed E-state index contributed by atoms with van der Waals surface area (Å²) in [6, 6.07) is 15.3. The molecular weight excluding hydrogens is 354 g/mol. The summed E-state index contributed by atoms with van der Waals surface area (Å²) in [7, 11) is 5.57. The zero-order valence-corrected chi connectivity index (χ0v) is 16.1. The Morgan fingerprint density at radius 2 is 1.71 bits per heavy atom. The molecule has 0 spiro atoms. The molecule has 0 unspecified atom stereocenters. The molecule has 3 aromatic rings. The Bertz CT molecular complexity index is 907. The number of carbonyl (C=O) groups is 1. The molecule has 3 rings (SSSR count). The van der Waals surface area contributed by atoms with Crippen LogP contribution in [-0.4, -0.2) is 37.1 Å². The quantitative estimate of drug-likeness (QED) is 0.657. The summed E-state index contributed by atoms with van der Waals surface area (Å²) in [4.78, 5) is 22.8. The van der Waals surface area contributed by atoms with Crippen LogP contribution in [0.3, 0.4) is 0 Å². The van der Waals surface area contributed by atoms with Crippen molar-refractivity contribution in [1.29, 1.82) is 0 Å². The molecule has 0 radical (unpaired) electrons. The molecule has 0 bridgehead atoms. The minimum atomic E-state index is -0.299. The number of hydrogen-bond donors (Lipinski definition) is 2. The fraction of sp³-hybridized carbons (Fsp3) is 0.190. The van der Waals surface area contributed by atoms with Gasteiger partial charge in [0, 0.05) is 32.0 Å². The van der Waals surface area contributed by atoms with Crippen LogP contribution in [0.1, 0.15) is 16.1 Å². The number of hydrogen-bond acceptors (Lipinski definition) is 6. The number of aromatic nitrogens is 2. The molecule has 2 aromatic carbocycles. The molecule has 144 valence electrons. The van der Waals surface area contributed by atoms with E-state index in [0.717, 1.165) is 17.0 Å². The molecule has 0 atom stereocenters. The van der Waals surface area contributed by atoms with E-state index in [4.69, 9.17) is 4.74 Å². The number of benzene rings is 2. The second kappa shape index (κ2) is 8.85. The number of anilines is 3. The molecule has 28 heavy (non-hydrogen) atoms. The van der Waals surface area contributed by atoms with Gasteiger partial charge in [-0.2, -0.15) is 0 Å². The average Bonchev–Trinajstić information content (AvgIpc) is 2.73. The summed E-state index contributed by atoms with van der Waals surface area (Å²) in [5, 5.41) is 6.00. The lowest BCUT2D eigenvalue weighted by atomic mass is 10.2. The van der Waals surface area contributed by atoms with Crippen molar-refractivity contribution in [3.63, 3.8) is 0 Å². The highest BCUT2D eigenvalue weighted by Gasteiger charge is 2.09. The van der Waals surface area contributed by atoms with E-state index < -0.39 is 0 Å². The lowest BCUT2D eigenvalue weighted by Crippen LogP contribution is -2.15. The second-order valence-corrected chi connectivity index (χ2v) is 6.38. The van der Waals surface area contributed by atoms with E-state index in [1.54, 1.807) is 13.3 Å². The van der Waals surface area contributed by atoms with Gasteiger partial charge in [-0.3, -0.25) is 4.79 Å². The molecule has 0 aliphatic carbocycles. The molecule has 1 heterocycles. The molecule has 0 aliphatic heterocycles. The van der Waals surface area contributed by atoms with Crippen LogP contribution in [0.2, 0.25) is 0 Å². The highest BCUT2D eigenvalue weighted by Crippen LogP contribution is 2.16. The SMILES string of the molecule is COc1ccc(CNc2cnc(C(=O)Nc3ccc(N(C)C)cc3)cn2)cc1. The van der Waals surface area contributed by atoms with Crippen molar-refractivity contribution in [1.82, 2.24) is 9.97 Å². The molecular formula is C21H23N5O2. The highest BCUT2D eigenvalue weighted by atomic mass is 16.5. The van der Waals surface area contributed by atoms with E-state index in [0.29, 0.717) is 18.1 Å². The number of amides is 1. The summed E-state index contributed by atoms with van der Waals surface area (Å²) in [6.45, 7) is 0.600. The third-order valence-electron chi connectivity index (χ3n) is 4.16. The fourth-order valence-electron chi connectivity index (χ4n) is 2.51. The maximum Gasteiger partial charge on any atom is 0.275 e. The van der Waals surface area contributed by atoms with E-state index in [-0.39, 0.29) is 11.6 Å². The van der Waals surface area contributed by atoms with E-state index in [2.05, 4.69) is 20.6 Å². The molecule has 0 saturated heterocycles. The monoisotopic (exact) mass is 377 g/mol. The van der Waals surface area contributed by atoms with E-state index in [9.17, 15) is 4.79 Å². The standard InChI is InChI=1S/C21H23N5O2/c1-26(2)17-8-6-16(7-9-17)25-21(27)19-13-24-20(14-22-19)23-12-15-4-10-18(28-3)11-5-15/h4-11,13-14H,12H2,1-3H3,(H,23,24)(H,25,27). The average molecular weight is 377 g/mol. The number of rotatable bonds is 7. The summed E-state index contributed by atoms with van der Waals surface area (Å²) in [5.41, 5.74) is 3.11. The van der Waals surface area contributed by atoms with Crippen molar-refractivity contribution < 1.29 is 9.53 Å². The van der Waals surface area contributed by atoms with Gasteiger partial charge in [0.1, 0.15) is 17.3 Å². The molecule has 0 fully saturated rings. The Balaban J connectivity index is 1.56. The topological polar surface area (TPSA) is 79.4 Å². The van der Waals surface area contributed by atoms with Crippen LogP contribution in [0, 0.1) is 0 Å². The zero-order chi connectivity index (χ0) is 19.9. The van der Waals surface area contributed by atoms with Gasteiger partial charge < -0.3 is 20.3 Å². The maximum atomic E-state index is 12.3.